The summed E-state index contributed by atoms with van der Waals surface area (Å²) in [4.78, 5) is 0. The topological polar surface area (TPSA) is 30.9 Å². The highest BCUT2D eigenvalue weighted by molar-refractivity contribution is 5.89. The minimum absolute atomic E-state index is 0.531. The first kappa shape index (κ1) is 13.2. The lowest BCUT2D eigenvalue weighted by molar-refractivity contribution is 0.736. The molecule has 0 fully saturated rings. The first-order valence-electron chi connectivity index (χ1n) is 6.75. The van der Waals surface area contributed by atoms with Crippen LogP contribution in [0.25, 0.3) is 10.9 Å². The molecule has 2 aromatic rings. The summed E-state index contributed by atoms with van der Waals surface area (Å²) in [5, 5.41) is 1.39. The van der Waals surface area contributed by atoms with Gasteiger partial charge < -0.3 is 10.3 Å². The van der Waals surface area contributed by atoms with E-state index in [0.29, 0.717) is 12.5 Å². The van der Waals surface area contributed by atoms with Crippen LogP contribution in [0.4, 0.5) is 0 Å². The molecule has 2 nitrogen and oxygen atoms in total. The van der Waals surface area contributed by atoms with Crippen LogP contribution in [0.1, 0.15) is 42.1 Å². The largest absolute Gasteiger partial charge is 0.347 e. The highest BCUT2D eigenvalue weighted by atomic mass is 15.0. The van der Waals surface area contributed by atoms with Gasteiger partial charge in [-0.05, 0) is 49.9 Å². The van der Waals surface area contributed by atoms with Crippen molar-refractivity contribution in [3.63, 3.8) is 0 Å². The molecule has 98 valence electrons. The molecule has 0 radical (unpaired) electrons. The molecule has 0 saturated heterocycles. The normalized spacial score (nSPS) is 11.7. The van der Waals surface area contributed by atoms with Crippen molar-refractivity contribution < 1.29 is 0 Å². The number of hydrogen-bond acceptors (Lipinski definition) is 1. The lowest BCUT2D eigenvalue weighted by Crippen LogP contribution is -2.07. The number of aromatic nitrogens is 1. The second kappa shape index (κ2) is 4.77. The van der Waals surface area contributed by atoms with E-state index in [1.165, 1.54) is 33.3 Å². The van der Waals surface area contributed by atoms with Crippen LogP contribution in [-0.2, 0) is 13.5 Å². The van der Waals surface area contributed by atoms with Crippen LogP contribution in [-0.4, -0.2) is 11.1 Å². The fourth-order valence-electron chi connectivity index (χ4n) is 3.24. The van der Waals surface area contributed by atoms with E-state index >= 15 is 0 Å². The molecule has 0 aliphatic rings. The number of aryl methyl sites for hydroxylation is 3. The van der Waals surface area contributed by atoms with Gasteiger partial charge >= 0.3 is 0 Å². The van der Waals surface area contributed by atoms with E-state index in [2.05, 4.69) is 51.4 Å². The summed E-state index contributed by atoms with van der Waals surface area (Å²) in [6, 6.07) is 4.57. The quantitative estimate of drug-likeness (QED) is 0.881. The highest BCUT2D eigenvalue weighted by Crippen LogP contribution is 2.33. The van der Waals surface area contributed by atoms with E-state index in [-0.39, 0.29) is 0 Å². The standard InChI is InChI=1S/C16H24N2/c1-10(2)15-13(6-7-17)14-9-11(3)8-12(4)16(14)18(15)5/h8-10H,6-7,17H2,1-5H3. The molecule has 0 aliphatic carbocycles. The van der Waals surface area contributed by atoms with Crippen LogP contribution in [0.3, 0.4) is 0 Å². The monoisotopic (exact) mass is 244 g/mol. The summed E-state index contributed by atoms with van der Waals surface area (Å²) in [6.07, 6.45) is 0.966. The number of nitrogens with two attached hydrogens (primary N) is 1. The smallest absolute Gasteiger partial charge is 0.0512 e. The molecule has 2 heteroatoms. The van der Waals surface area contributed by atoms with Crippen molar-refractivity contribution in [2.45, 2.75) is 40.0 Å². The number of benzene rings is 1. The van der Waals surface area contributed by atoms with E-state index in [4.69, 9.17) is 5.73 Å². The minimum Gasteiger partial charge on any atom is -0.347 e. The highest BCUT2D eigenvalue weighted by Gasteiger charge is 2.18. The average Bonchev–Trinajstić information content (AvgIpc) is 2.52. The van der Waals surface area contributed by atoms with Crippen molar-refractivity contribution in [3.8, 4) is 0 Å². The van der Waals surface area contributed by atoms with Crippen molar-refractivity contribution in [1.82, 2.24) is 4.57 Å². The molecule has 0 spiro atoms. The van der Waals surface area contributed by atoms with Crippen molar-refractivity contribution in [3.05, 3.63) is 34.5 Å². The molecular formula is C16H24N2. The number of fused-ring (bicyclic) bond motifs is 1. The summed E-state index contributed by atoms with van der Waals surface area (Å²) >= 11 is 0. The molecule has 0 bridgehead atoms. The molecule has 1 heterocycles. The average molecular weight is 244 g/mol. The molecule has 0 amide bonds. The van der Waals surface area contributed by atoms with Crippen LogP contribution in [0.5, 0.6) is 0 Å². The Bertz CT molecular complexity index is 577. The molecule has 2 rings (SSSR count). The number of nitrogens with zero attached hydrogens (tertiary/aromatic N) is 1. The molecule has 2 N–H and O–H groups in total. The minimum atomic E-state index is 0.531. The molecule has 1 aromatic heterocycles. The molecule has 1 aromatic carbocycles. The summed E-state index contributed by atoms with van der Waals surface area (Å²) in [5.74, 6) is 0.531. The Morgan fingerprint density at radius 2 is 1.89 bits per heavy atom. The summed E-state index contributed by atoms with van der Waals surface area (Å²) in [7, 11) is 2.18. The van der Waals surface area contributed by atoms with Gasteiger partial charge in [0.2, 0.25) is 0 Å². The lowest BCUT2D eigenvalue weighted by Gasteiger charge is -2.11. The molecule has 18 heavy (non-hydrogen) atoms. The van der Waals surface area contributed by atoms with E-state index in [1.54, 1.807) is 0 Å². The van der Waals surface area contributed by atoms with E-state index in [9.17, 15) is 0 Å². The fraction of sp³-hybridized carbons (Fsp3) is 0.500. The Kier molecular flexibility index (Phi) is 3.49. The van der Waals surface area contributed by atoms with E-state index < -0.39 is 0 Å². The van der Waals surface area contributed by atoms with Crippen LogP contribution in [0, 0.1) is 13.8 Å². The molecule has 0 atom stereocenters. The van der Waals surface area contributed by atoms with Gasteiger partial charge in [-0.15, -0.1) is 0 Å². The van der Waals surface area contributed by atoms with Crippen molar-refractivity contribution in [1.29, 1.82) is 0 Å². The second-order valence-electron chi connectivity index (χ2n) is 5.59. The Hall–Kier alpha value is -1.28. The zero-order chi connectivity index (χ0) is 13.4. The summed E-state index contributed by atoms with van der Waals surface area (Å²) < 4.78 is 2.36. The first-order valence-corrected chi connectivity index (χ1v) is 6.75. The Morgan fingerprint density at radius 1 is 1.22 bits per heavy atom. The molecule has 0 unspecified atom stereocenters. The third-order valence-corrected chi connectivity index (χ3v) is 3.72. The van der Waals surface area contributed by atoms with Gasteiger partial charge in [0.1, 0.15) is 0 Å². The first-order chi connectivity index (χ1) is 8.47. The molecule has 0 aliphatic heterocycles. The maximum atomic E-state index is 5.80. The van der Waals surface area contributed by atoms with E-state index in [0.717, 1.165) is 6.42 Å². The fourth-order valence-corrected chi connectivity index (χ4v) is 3.24. The van der Waals surface area contributed by atoms with Crippen LogP contribution in [0.2, 0.25) is 0 Å². The zero-order valence-corrected chi connectivity index (χ0v) is 12.2. The van der Waals surface area contributed by atoms with Crippen LogP contribution >= 0.6 is 0 Å². The number of hydrogen-bond donors (Lipinski definition) is 1. The summed E-state index contributed by atoms with van der Waals surface area (Å²) in [5.41, 5.74) is 12.7. The van der Waals surface area contributed by atoms with Gasteiger partial charge in [-0.1, -0.05) is 25.5 Å². The zero-order valence-electron chi connectivity index (χ0n) is 12.2. The maximum absolute atomic E-state index is 5.80. The van der Waals surface area contributed by atoms with Crippen molar-refractivity contribution in [2.24, 2.45) is 12.8 Å². The van der Waals surface area contributed by atoms with Gasteiger partial charge in [0, 0.05) is 18.1 Å². The van der Waals surface area contributed by atoms with Crippen LogP contribution < -0.4 is 5.73 Å². The maximum Gasteiger partial charge on any atom is 0.0512 e. The van der Waals surface area contributed by atoms with Crippen molar-refractivity contribution >= 4 is 10.9 Å². The van der Waals surface area contributed by atoms with E-state index in [1.807, 2.05) is 0 Å². The lowest BCUT2D eigenvalue weighted by atomic mass is 9.99. The predicted molar refractivity (Wildman–Crippen MR) is 79.2 cm³/mol. The Labute approximate surface area is 110 Å². The Balaban J connectivity index is 2.87. The van der Waals surface area contributed by atoms with Gasteiger partial charge in [-0.3, -0.25) is 0 Å². The van der Waals surface area contributed by atoms with Gasteiger partial charge in [-0.25, -0.2) is 0 Å². The third kappa shape index (κ3) is 1.95. The van der Waals surface area contributed by atoms with Crippen LogP contribution in [0.15, 0.2) is 12.1 Å². The SMILES string of the molecule is Cc1cc(C)c2c(c1)c(CCN)c(C(C)C)n2C. The second-order valence-corrected chi connectivity index (χ2v) is 5.59. The van der Waals surface area contributed by atoms with Gasteiger partial charge in [0.05, 0.1) is 5.52 Å². The van der Waals surface area contributed by atoms with Gasteiger partial charge in [-0.2, -0.15) is 0 Å². The van der Waals surface area contributed by atoms with Gasteiger partial charge in [0.25, 0.3) is 0 Å². The summed E-state index contributed by atoms with van der Waals surface area (Å²) in [6.45, 7) is 9.60. The van der Waals surface area contributed by atoms with Crippen molar-refractivity contribution in [2.75, 3.05) is 6.54 Å². The molecule has 0 saturated carbocycles. The van der Waals surface area contributed by atoms with Gasteiger partial charge in [0.15, 0.2) is 0 Å². The third-order valence-electron chi connectivity index (χ3n) is 3.72. The predicted octanol–water partition coefficient (Wildman–Crippen LogP) is 3.42. The molecular weight excluding hydrogens is 220 g/mol. The Morgan fingerprint density at radius 3 is 2.44 bits per heavy atom. The number of rotatable bonds is 3.